The van der Waals surface area contributed by atoms with Crippen LogP contribution in [0.25, 0.3) is 11.2 Å². The molecule has 6 atom stereocenters. The lowest BCUT2D eigenvalue weighted by atomic mass is 9.95. The first-order chi connectivity index (χ1) is 21.5. The smallest absolute Gasteiger partial charge is 0.407 e. The van der Waals surface area contributed by atoms with E-state index in [1.165, 1.54) is 20.2 Å². The maximum atomic E-state index is 12.3. The van der Waals surface area contributed by atoms with Crippen molar-refractivity contribution in [3.63, 3.8) is 0 Å². The molecule has 18 nitrogen and oxygen atoms in total. The summed E-state index contributed by atoms with van der Waals surface area (Å²) in [6, 6.07) is -1.26. The minimum atomic E-state index is -1.54. The van der Waals surface area contributed by atoms with Crippen LogP contribution in [0.4, 0.5) is 10.6 Å². The van der Waals surface area contributed by atoms with Gasteiger partial charge in [0.25, 0.3) is 0 Å². The van der Waals surface area contributed by atoms with E-state index < -0.39 is 48.6 Å². The van der Waals surface area contributed by atoms with Crippen LogP contribution in [-0.4, -0.2) is 111 Å². The van der Waals surface area contributed by atoms with Crippen LogP contribution in [0.2, 0.25) is 0 Å². The van der Waals surface area contributed by atoms with Crippen LogP contribution in [0, 0.1) is 5.92 Å². The lowest BCUT2D eigenvalue weighted by molar-refractivity contribution is -0.164. The monoisotopic (exact) mass is 636 g/mol. The number of carbonyl (C=O) groups excluding carboxylic acids is 2. The standard InChI is InChI=1S/C27H44N10O8/c1-16(13-38)22(40)23(41)20(33-18(3)39)26(42)44-9-7-5-4-6-8-37-12-19(34-35-37)10-29-27(43)45-17(2)11-36-15-32-21-24(28)30-14-31-25(21)36/h12,14-17,20,22-23,26,38,40-42H,4-11,13H2,1-3H3,(H,29,43)(H,33,39)(H2,28,30,31)/t16?,17-,20?,22-,23-,26+/m1/s1. The van der Waals surface area contributed by atoms with E-state index in [9.17, 15) is 30.0 Å². The van der Waals surface area contributed by atoms with Gasteiger partial charge in [0.15, 0.2) is 17.8 Å². The quantitative estimate of drug-likeness (QED) is 0.0619. The van der Waals surface area contributed by atoms with Crippen molar-refractivity contribution in [1.82, 2.24) is 45.1 Å². The fourth-order valence-electron chi connectivity index (χ4n) is 4.52. The maximum Gasteiger partial charge on any atom is 0.407 e. The molecule has 2 unspecified atom stereocenters. The molecule has 0 bridgehead atoms. The summed E-state index contributed by atoms with van der Waals surface area (Å²) in [7, 11) is 0. The number of rotatable bonds is 19. The Labute approximate surface area is 260 Å². The zero-order valence-electron chi connectivity index (χ0n) is 25.7. The van der Waals surface area contributed by atoms with E-state index in [-0.39, 0.29) is 25.6 Å². The van der Waals surface area contributed by atoms with E-state index in [2.05, 4.69) is 35.9 Å². The van der Waals surface area contributed by atoms with Crippen molar-refractivity contribution in [2.24, 2.45) is 5.92 Å². The predicted octanol–water partition coefficient (Wildman–Crippen LogP) is -0.935. The average Bonchev–Trinajstić information content (AvgIpc) is 3.64. The molecule has 3 heterocycles. The largest absolute Gasteiger partial charge is 0.445 e. The Kier molecular flexibility index (Phi) is 13.8. The van der Waals surface area contributed by atoms with E-state index in [0.29, 0.717) is 36.4 Å². The molecule has 0 fully saturated rings. The highest BCUT2D eigenvalue weighted by Crippen LogP contribution is 2.16. The molecule has 3 aromatic heterocycles. The van der Waals surface area contributed by atoms with E-state index >= 15 is 0 Å². The van der Waals surface area contributed by atoms with Crippen LogP contribution in [0.5, 0.6) is 0 Å². The Morgan fingerprint density at radius 1 is 1.07 bits per heavy atom. The van der Waals surface area contributed by atoms with Crippen molar-refractivity contribution in [1.29, 1.82) is 0 Å². The second-order valence-electron chi connectivity index (χ2n) is 10.9. The predicted molar refractivity (Wildman–Crippen MR) is 159 cm³/mol. The number of alkyl carbamates (subject to hydrolysis) is 1. The topological polar surface area (TPSA) is 258 Å². The number of hydrogen-bond donors (Lipinski definition) is 7. The van der Waals surface area contributed by atoms with E-state index in [0.717, 1.165) is 19.3 Å². The Morgan fingerprint density at radius 2 is 1.82 bits per heavy atom. The Morgan fingerprint density at radius 3 is 2.56 bits per heavy atom. The number of aliphatic hydroxyl groups is 4. The third kappa shape index (κ3) is 10.9. The number of aliphatic hydroxyl groups excluding tert-OH is 4. The average molecular weight is 637 g/mol. The van der Waals surface area contributed by atoms with Crippen LogP contribution < -0.4 is 16.4 Å². The minimum Gasteiger partial charge on any atom is -0.445 e. The zero-order valence-corrected chi connectivity index (χ0v) is 25.7. The Balaban J connectivity index is 1.30. The van der Waals surface area contributed by atoms with Crippen molar-refractivity contribution in [2.75, 3.05) is 18.9 Å². The van der Waals surface area contributed by atoms with Crippen LogP contribution >= 0.6 is 0 Å². The second kappa shape index (κ2) is 17.5. The summed E-state index contributed by atoms with van der Waals surface area (Å²) in [5, 5.41) is 53.4. The highest BCUT2D eigenvalue weighted by Gasteiger charge is 2.35. The van der Waals surface area contributed by atoms with Gasteiger partial charge in [0, 0.05) is 32.6 Å². The van der Waals surface area contributed by atoms with Gasteiger partial charge in [-0.3, -0.25) is 9.48 Å². The van der Waals surface area contributed by atoms with Crippen LogP contribution in [0.3, 0.4) is 0 Å². The summed E-state index contributed by atoms with van der Waals surface area (Å²) in [6.07, 6.45) is 2.18. The molecule has 0 saturated heterocycles. The van der Waals surface area contributed by atoms with Gasteiger partial charge < -0.3 is 50.8 Å². The number of nitrogen functional groups attached to an aromatic ring is 1. The van der Waals surface area contributed by atoms with E-state index in [4.69, 9.17) is 15.2 Å². The van der Waals surface area contributed by atoms with Gasteiger partial charge in [-0.1, -0.05) is 25.0 Å². The molecule has 0 aliphatic heterocycles. The van der Waals surface area contributed by atoms with Gasteiger partial charge >= 0.3 is 6.09 Å². The number of aromatic nitrogens is 7. The van der Waals surface area contributed by atoms with Gasteiger partial charge in [0.2, 0.25) is 5.91 Å². The van der Waals surface area contributed by atoms with E-state index in [1.54, 1.807) is 28.7 Å². The normalized spacial score (nSPS) is 15.6. The molecule has 2 amide bonds. The first-order valence-corrected chi connectivity index (χ1v) is 14.8. The zero-order chi connectivity index (χ0) is 32.9. The third-order valence-corrected chi connectivity index (χ3v) is 7.03. The number of fused-ring (bicyclic) bond motifs is 1. The number of carbonyl (C=O) groups is 2. The SMILES string of the molecule is CC(=O)NC([C@@H](O)[C@H](O)C(C)CO)[C@@H](O)OCCCCCCn1cc(CNC(=O)O[C@H](C)Cn2cnc3c(N)ncnc32)nn1. The highest BCUT2D eigenvalue weighted by molar-refractivity contribution is 5.81. The number of nitrogens with one attached hydrogen (secondary N) is 2. The molecule has 0 aliphatic carbocycles. The molecule has 0 spiro atoms. The number of hydrogen-bond acceptors (Lipinski definition) is 14. The van der Waals surface area contributed by atoms with Crippen LogP contribution in [0.15, 0.2) is 18.9 Å². The molecule has 45 heavy (non-hydrogen) atoms. The van der Waals surface area contributed by atoms with Gasteiger partial charge in [-0.25, -0.2) is 19.7 Å². The highest BCUT2D eigenvalue weighted by atomic mass is 16.6. The first kappa shape index (κ1) is 35.5. The van der Waals surface area contributed by atoms with Crippen molar-refractivity contribution in [3.8, 4) is 0 Å². The van der Waals surface area contributed by atoms with Crippen LogP contribution in [-0.2, 0) is 33.9 Å². The summed E-state index contributed by atoms with van der Waals surface area (Å²) in [5.41, 5.74) is 7.42. The lowest BCUT2D eigenvalue weighted by Gasteiger charge is -2.32. The summed E-state index contributed by atoms with van der Waals surface area (Å²) >= 11 is 0. The molecule has 0 aromatic carbocycles. The Bertz CT molecular complexity index is 1350. The summed E-state index contributed by atoms with van der Waals surface area (Å²) in [6.45, 7) is 5.39. The fourth-order valence-corrected chi connectivity index (χ4v) is 4.52. The number of unbranched alkanes of at least 4 members (excludes halogenated alkanes) is 3. The summed E-state index contributed by atoms with van der Waals surface area (Å²) in [5.74, 6) is -0.894. The number of anilines is 1. The minimum absolute atomic E-state index is 0.146. The molecule has 0 aliphatic rings. The lowest BCUT2D eigenvalue weighted by Crippen LogP contribution is -2.56. The van der Waals surface area contributed by atoms with Gasteiger partial charge in [-0.15, -0.1) is 5.10 Å². The molecule has 3 aromatic rings. The second-order valence-corrected chi connectivity index (χ2v) is 10.9. The third-order valence-electron chi connectivity index (χ3n) is 7.03. The number of aryl methyl sites for hydroxylation is 1. The molecule has 0 radical (unpaired) electrons. The van der Waals surface area contributed by atoms with Gasteiger partial charge in [0.05, 0.1) is 31.7 Å². The van der Waals surface area contributed by atoms with Gasteiger partial charge in [-0.2, -0.15) is 0 Å². The van der Waals surface area contributed by atoms with Crippen molar-refractivity contribution in [3.05, 3.63) is 24.5 Å². The number of amides is 2. The summed E-state index contributed by atoms with van der Waals surface area (Å²) in [4.78, 5) is 36.1. The molecule has 18 heteroatoms. The molecule has 3 rings (SSSR count). The fraction of sp³-hybridized carbons (Fsp3) is 0.667. The number of imidazole rings is 1. The molecule has 0 saturated carbocycles. The van der Waals surface area contributed by atoms with Crippen molar-refractivity contribution < 1.29 is 39.5 Å². The van der Waals surface area contributed by atoms with Crippen LogP contribution in [0.1, 0.15) is 52.1 Å². The molecular weight excluding hydrogens is 592 g/mol. The Hall–Kier alpha value is -3.97. The number of nitrogens with zero attached hydrogens (tertiary/aromatic N) is 7. The number of ether oxygens (including phenoxy) is 2. The van der Waals surface area contributed by atoms with E-state index in [1.807, 2.05) is 0 Å². The van der Waals surface area contributed by atoms with Crippen molar-refractivity contribution >= 4 is 29.0 Å². The first-order valence-electron chi connectivity index (χ1n) is 14.8. The van der Waals surface area contributed by atoms with Gasteiger partial charge in [0.1, 0.15) is 35.8 Å². The molecular formula is C27H44N10O8. The number of nitrogens with two attached hydrogens (primary N) is 1. The van der Waals surface area contributed by atoms with Gasteiger partial charge in [-0.05, 0) is 19.8 Å². The maximum absolute atomic E-state index is 12.3. The molecule has 250 valence electrons. The summed E-state index contributed by atoms with van der Waals surface area (Å²) < 4.78 is 14.2. The molecule has 8 N–H and O–H groups in total. The van der Waals surface area contributed by atoms with Crippen molar-refractivity contribution in [2.45, 2.75) is 96.7 Å².